The molecular weight excluding hydrogens is 209 g/mol. The molecule has 0 bridgehead atoms. The third-order valence-electron chi connectivity index (χ3n) is 2.28. The Bertz CT molecular complexity index is 548. The first-order chi connectivity index (χ1) is 7.61. The number of hydrogen-bond acceptors (Lipinski definition) is 3. The maximum absolute atomic E-state index is 13.7. The molecule has 0 atom stereocenters. The second-order valence-corrected chi connectivity index (χ2v) is 3.49. The van der Waals surface area contributed by atoms with Gasteiger partial charge in [0.25, 0.3) is 0 Å². The minimum Gasteiger partial charge on any atom is -0.396 e. The summed E-state index contributed by atoms with van der Waals surface area (Å²) in [5, 5.41) is 3.94. The van der Waals surface area contributed by atoms with E-state index in [1.54, 1.807) is 17.9 Å². The van der Waals surface area contributed by atoms with Crippen molar-refractivity contribution in [2.45, 2.75) is 0 Å². The molecule has 0 aliphatic rings. The largest absolute Gasteiger partial charge is 0.396 e. The highest BCUT2D eigenvalue weighted by atomic mass is 19.1. The van der Waals surface area contributed by atoms with Crippen LogP contribution in [0.5, 0.6) is 0 Å². The van der Waals surface area contributed by atoms with Crippen LogP contribution in [0.15, 0.2) is 24.5 Å². The van der Waals surface area contributed by atoms with Gasteiger partial charge in [-0.2, -0.15) is 5.10 Å². The Morgan fingerprint density at radius 1 is 1.50 bits per heavy atom. The predicted molar refractivity (Wildman–Crippen MR) is 58.4 cm³/mol. The number of hydrogen-bond donors (Lipinski definition) is 1. The maximum Gasteiger partial charge on any atom is 0.154 e. The lowest BCUT2D eigenvalue weighted by Gasteiger charge is -2.04. The van der Waals surface area contributed by atoms with Crippen LogP contribution in [0.25, 0.3) is 11.1 Å². The van der Waals surface area contributed by atoms with E-state index in [0.717, 1.165) is 0 Å². The van der Waals surface area contributed by atoms with Gasteiger partial charge >= 0.3 is 0 Å². The number of nitrogen functional groups attached to an aromatic ring is 1. The van der Waals surface area contributed by atoms with Crippen LogP contribution in [0.1, 0.15) is 10.4 Å². The highest BCUT2D eigenvalue weighted by Crippen LogP contribution is 2.27. The van der Waals surface area contributed by atoms with Crippen LogP contribution in [-0.4, -0.2) is 16.1 Å². The molecule has 4 nitrogen and oxygen atoms in total. The minimum atomic E-state index is -0.529. The number of benzene rings is 1. The number of rotatable bonds is 2. The van der Waals surface area contributed by atoms with Gasteiger partial charge in [-0.1, -0.05) is 0 Å². The summed E-state index contributed by atoms with van der Waals surface area (Å²) in [4.78, 5) is 10.7. The molecule has 0 amide bonds. The van der Waals surface area contributed by atoms with Gasteiger partial charge in [0.1, 0.15) is 6.29 Å². The Labute approximate surface area is 91.5 Å². The van der Waals surface area contributed by atoms with Crippen molar-refractivity contribution < 1.29 is 9.18 Å². The molecule has 0 fully saturated rings. The molecule has 1 aromatic heterocycles. The lowest BCUT2D eigenvalue weighted by molar-refractivity contribution is 0.112. The Kier molecular flexibility index (Phi) is 2.44. The molecule has 2 aromatic rings. The van der Waals surface area contributed by atoms with E-state index in [4.69, 9.17) is 5.73 Å². The van der Waals surface area contributed by atoms with E-state index in [9.17, 15) is 9.18 Å². The van der Waals surface area contributed by atoms with Gasteiger partial charge in [0.15, 0.2) is 5.82 Å². The molecule has 5 heteroatoms. The summed E-state index contributed by atoms with van der Waals surface area (Å²) in [6.07, 6.45) is 3.81. The van der Waals surface area contributed by atoms with Gasteiger partial charge < -0.3 is 5.73 Å². The fourth-order valence-corrected chi connectivity index (χ4v) is 1.51. The molecule has 0 saturated carbocycles. The van der Waals surface area contributed by atoms with Crippen LogP contribution < -0.4 is 5.73 Å². The Morgan fingerprint density at radius 3 is 2.81 bits per heavy atom. The van der Waals surface area contributed by atoms with Crippen LogP contribution in [0.2, 0.25) is 0 Å². The van der Waals surface area contributed by atoms with Crippen molar-refractivity contribution in [3.05, 3.63) is 35.9 Å². The highest BCUT2D eigenvalue weighted by Gasteiger charge is 2.11. The molecule has 0 aliphatic carbocycles. The van der Waals surface area contributed by atoms with E-state index in [2.05, 4.69) is 5.10 Å². The number of anilines is 1. The number of carbonyl (C=O) groups excluding carboxylic acids is 1. The fourth-order valence-electron chi connectivity index (χ4n) is 1.51. The fraction of sp³-hybridized carbons (Fsp3) is 0.0909. The van der Waals surface area contributed by atoms with Crippen molar-refractivity contribution in [1.29, 1.82) is 0 Å². The molecular formula is C11H10FN3O. The molecule has 0 spiro atoms. The summed E-state index contributed by atoms with van der Waals surface area (Å²) in [7, 11) is 1.73. The Morgan fingerprint density at radius 2 is 2.25 bits per heavy atom. The first-order valence-electron chi connectivity index (χ1n) is 4.65. The highest BCUT2D eigenvalue weighted by molar-refractivity contribution is 5.82. The maximum atomic E-state index is 13.7. The quantitative estimate of drug-likeness (QED) is 0.616. The molecule has 2 rings (SSSR count). The second-order valence-electron chi connectivity index (χ2n) is 3.49. The van der Waals surface area contributed by atoms with Crippen LogP contribution in [0, 0.1) is 5.82 Å². The van der Waals surface area contributed by atoms with E-state index in [1.807, 2.05) is 0 Å². The summed E-state index contributed by atoms with van der Waals surface area (Å²) in [5.41, 5.74) is 6.67. The average molecular weight is 219 g/mol. The van der Waals surface area contributed by atoms with E-state index >= 15 is 0 Å². The standard InChI is InChI=1S/C11H10FN3O/c1-15-5-8(4-14-15)9-2-7(6-16)3-10(13)11(9)12/h2-6H,13H2,1H3. The van der Waals surface area contributed by atoms with Crippen molar-refractivity contribution in [3.63, 3.8) is 0 Å². The zero-order valence-electron chi connectivity index (χ0n) is 8.64. The van der Waals surface area contributed by atoms with E-state index in [1.165, 1.54) is 18.3 Å². The van der Waals surface area contributed by atoms with Crippen LogP contribution >= 0.6 is 0 Å². The number of nitrogens with two attached hydrogens (primary N) is 1. The lowest BCUT2D eigenvalue weighted by Crippen LogP contribution is -1.96. The molecule has 1 heterocycles. The second kappa shape index (κ2) is 3.77. The summed E-state index contributed by atoms with van der Waals surface area (Å²) in [6.45, 7) is 0. The molecule has 82 valence electrons. The summed E-state index contributed by atoms with van der Waals surface area (Å²) in [5.74, 6) is -0.529. The molecule has 0 saturated heterocycles. The van der Waals surface area contributed by atoms with Crippen molar-refractivity contribution in [2.75, 3.05) is 5.73 Å². The van der Waals surface area contributed by atoms with Crippen molar-refractivity contribution in [2.24, 2.45) is 7.05 Å². The summed E-state index contributed by atoms with van der Waals surface area (Å²) >= 11 is 0. The summed E-state index contributed by atoms with van der Waals surface area (Å²) < 4.78 is 15.3. The normalized spacial score (nSPS) is 10.4. The third kappa shape index (κ3) is 1.67. The van der Waals surface area contributed by atoms with E-state index in [-0.39, 0.29) is 11.3 Å². The zero-order chi connectivity index (χ0) is 11.7. The van der Waals surface area contributed by atoms with Crippen LogP contribution in [0.4, 0.5) is 10.1 Å². The van der Waals surface area contributed by atoms with Crippen LogP contribution in [-0.2, 0) is 7.05 Å². The zero-order valence-corrected chi connectivity index (χ0v) is 8.64. The molecule has 16 heavy (non-hydrogen) atoms. The lowest BCUT2D eigenvalue weighted by atomic mass is 10.0. The molecule has 0 aliphatic heterocycles. The summed E-state index contributed by atoms with van der Waals surface area (Å²) in [6, 6.07) is 2.76. The van der Waals surface area contributed by atoms with Gasteiger partial charge in [0.05, 0.1) is 11.9 Å². The van der Waals surface area contributed by atoms with Gasteiger partial charge in [-0.15, -0.1) is 0 Å². The SMILES string of the molecule is Cn1cc(-c2cc(C=O)cc(N)c2F)cn1. The number of halogens is 1. The molecule has 2 N–H and O–H groups in total. The number of aromatic nitrogens is 2. The first-order valence-corrected chi connectivity index (χ1v) is 4.65. The van der Waals surface area contributed by atoms with Gasteiger partial charge in [-0.25, -0.2) is 4.39 Å². The number of carbonyl (C=O) groups is 1. The monoisotopic (exact) mass is 219 g/mol. The number of aldehydes is 1. The van der Waals surface area contributed by atoms with Gasteiger partial charge in [0.2, 0.25) is 0 Å². The van der Waals surface area contributed by atoms with Gasteiger partial charge in [-0.3, -0.25) is 9.48 Å². The molecule has 1 aromatic carbocycles. The topological polar surface area (TPSA) is 60.9 Å². The Balaban J connectivity index is 2.63. The van der Waals surface area contributed by atoms with E-state index in [0.29, 0.717) is 17.4 Å². The third-order valence-corrected chi connectivity index (χ3v) is 2.28. The first kappa shape index (κ1) is 10.4. The smallest absolute Gasteiger partial charge is 0.154 e. The predicted octanol–water partition coefficient (Wildman–Crippen LogP) is 1.62. The van der Waals surface area contributed by atoms with Crippen molar-refractivity contribution >= 4 is 12.0 Å². The van der Waals surface area contributed by atoms with E-state index < -0.39 is 5.82 Å². The Hall–Kier alpha value is -2.17. The molecule has 0 unspecified atom stereocenters. The number of aryl methyl sites for hydroxylation is 1. The number of nitrogens with zero attached hydrogens (tertiary/aromatic N) is 2. The van der Waals surface area contributed by atoms with Crippen molar-refractivity contribution in [1.82, 2.24) is 9.78 Å². The van der Waals surface area contributed by atoms with Crippen LogP contribution in [0.3, 0.4) is 0 Å². The van der Waals surface area contributed by atoms with Crippen molar-refractivity contribution in [3.8, 4) is 11.1 Å². The molecule has 0 radical (unpaired) electrons. The minimum absolute atomic E-state index is 0.0385. The van der Waals surface area contributed by atoms with Gasteiger partial charge in [0, 0.05) is 29.9 Å². The van der Waals surface area contributed by atoms with Gasteiger partial charge in [-0.05, 0) is 12.1 Å². The average Bonchev–Trinajstić information content (AvgIpc) is 2.68.